The van der Waals surface area contributed by atoms with Crippen LogP contribution in [0.1, 0.15) is 18.1 Å². The van der Waals surface area contributed by atoms with Gasteiger partial charge in [0, 0.05) is 32.2 Å². The predicted molar refractivity (Wildman–Crippen MR) is 101 cm³/mol. The van der Waals surface area contributed by atoms with Gasteiger partial charge in [0.05, 0.1) is 18.1 Å². The van der Waals surface area contributed by atoms with Gasteiger partial charge < -0.3 is 15.2 Å². The minimum Gasteiger partial charge on any atom is -0.351 e. The van der Waals surface area contributed by atoms with Crippen LogP contribution < -0.4 is 10.6 Å². The van der Waals surface area contributed by atoms with E-state index in [-0.39, 0.29) is 36.3 Å². The van der Waals surface area contributed by atoms with Crippen molar-refractivity contribution in [2.24, 2.45) is 12.0 Å². The second-order valence-electron chi connectivity index (χ2n) is 4.64. The van der Waals surface area contributed by atoms with E-state index in [1.165, 1.54) is 12.4 Å². The highest BCUT2D eigenvalue weighted by molar-refractivity contribution is 14.0. The number of hydrogen-bond acceptors (Lipinski definition) is 2. The number of alkyl halides is 2. The highest BCUT2D eigenvalue weighted by Crippen LogP contribution is 2.24. The molecule has 0 radical (unpaired) electrons. The molecule has 0 unspecified atom stereocenters. The second-order valence-corrected chi connectivity index (χ2v) is 5.41. The topological polar surface area (TPSA) is 59.2 Å². The summed E-state index contributed by atoms with van der Waals surface area (Å²) in [7, 11) is 3.38. The largest absolute Gasteiger partial charge is 0.351 e. The summed E-state index contributed by atoms with van der Waals surface area (Å²) in [5.41, 5.74) is 0.858. The van der Waals surface area contributed by atoms with Gasteiger partial charge in [-0.15, -0.1) is 24.0 Å². The fourth-order valence-electron chi connectivity index (χ4n) is 1.97. The molecule has 0 aliphatic heterocycles. The van der Waals surface area contributed by atoms with Gasteiger partial charge in [0.15, 0.2) is 5.96 Å². The molecule has 0 aliphatic rings. The third-order valence-corrected chi connectivity index (χ3v) is 4.09. The van der Waals surface area contributed by atoms with Gasteiger partial charge in [0.25, 0.3) is 0 Å². The van der Waals surface area contributed by atoms with Crippen molar-refractivity contribution in [2.75, 3.05) is 7.05 Å². The van der Waals surface area contributed by atoms with Gasteiger partial charge in [0.2, 0.25) is 0 Å². The molecule has 2 heterocycles. The van der Waals surface area contributed by atoms with Crippen LogP contribution in [0.15, 0.2) is 23.5 Å². The summed E-state index contributed by atoms with van der Waals surface area (Å²) in [6.07, 6.45) is 2.55. The summed E-state index contributed by atoms with van der Waals surface area (Å²) < 4.78 is 28.0. The Morgan fingerprint density at radius 3 is 2.54 bits per heavy atom. The lowest BCUT2D eigenvalue weighted by Gasteiger charge is -2.13. The zero-order chi connectivity index (χ0) is 17.0. The number of nitrogens with one attached hydrogen (secondary N) is 2. The minimum absolute atomic E-state index is 0. The van der Waals surface area contributed by atoms with Crippen molar-refractivity contribution >= 4 is 53.1 Å². The summed E-state index contributed by atoms with van der Waals surface area (Å²) in [6, 6.07) is 1.74. The zero-order valence-corrected chi connectivity index (χ0v) is 16.8. The van der Waals surface area contributed by atoms with Crippen molar-refractivity contribution in [3.8, 4) is 0 Å². The molecular formula is C13H17Cl2F2IN6. The number of nitrogens with zero attached hydrogens (tertiary/aromatic N) is 4. The Labute approximate surface area is 165 Å². The van der Waals surface area contributed by atoms with Crippen LogP contribution in [0.5, 0.6) is 0 Å². The number of aliphatic imine (C=N–C) groups is 1. The van der Waals surface area contributed by atoms with Crippen LogP contribution in [0, 0.1) is 0 Å². The molecule has 2 rings (SSSR count). The van der Waals surface area contributed by atoms with Crippen LogP contribution in [0.25, 0.3) is 0 Å². The highest BCUT2D eigenvalue weighted by Gasteiger charge is 2.12. The number of guanidine groups is 1. The van der Waals surface area contributed by atoms with E-state index in [2.05, 4.69) is 20.6 Å². The van der Waals surface area contributed by atoms with E-state index in [9.17, 15) is 8.78 Å². The standard InChI is InChI=1S/C13H16Cl2F2N6.HI/c1-18-13(20-6-8-5-9(14)11(15)22(8)2)21-7-10-19-3-4-23(10)12(16)17;/h3-5,12H,6-7H2,1-2H3,(H2,18,20,21);1H. The van der Waals surface area contributed by atoms with Gasteiger partial charge in [0.1, 0.15) is 11.0 Å². The summed E-state index contributed by atoms with van der Waals surface area (Å²) >= 11 is 11.9. The van der Waals surface area contributed by atoms with Crippen molar-refractivity contribution in [2.45, 2.75) is 19.6 Å². The average molecular weight is 493 g/mol. The molecule has 0 spiro atoms. The molecule has 0 atom stereocenters. The molecule has 2 aromatic heterocycles. The van der Waals surface area contributed by atoms with Crippen LogP contribution in [0.3, 0.4) is 0 Å². The normalized spacial score (nSPS) is 11.5. The highest BCUT2D eigenvalue weighted by atomic mass is 127. The molecule has 0 aromatic carbocycles. The maximum absolute atomic E-state index is 12.7. The van der Waals surface area contributed by atoms with E-state index in [1.54, 1.807) is 24.7 Å². The lowest BCUT2D eigenvalue weighted by Crippen LogP contribution is -2.37. The predicted octanol–water partition coefficient (Wildman–Crippen LogP) is 3.41. The number of rotatable bonds is 5. The first-order valence-corrected chi connectivity index (χ1v) is 7.43. The maximum atomic E-state index is 12.7. The Morgan fingerprint density at radius 1 is 1.33 bits per heavy atom. The van der Waals surface area contributed by atoms with Crippen molar-refractivity contribution in [1.29, 1.82) is 0 Å². The number of halogens is 5. The van der Waals surface area contributed by atoms with Crippen LogP contribution >= 0.6 is 47.2 Å². The maximum Gasteiger partial charge on any atom is 0.319 e. The lowest BCUT2D eigenvalue weighted by molar-refractivity contribution is 0.0668. The fraction of sp³-hybridized carbons (Fsp3) is 0.385. The van der Waals surface area contributed by atoms with Crippen molar-refractivity contribution < 1.29 is 8.78 Å². The quantitative estimate of drug-likeness (QED) is 0.382. The van der Waals surface area contributed by atoms with Gasteiger partial charge in [-0.25, -0.2) is 4.98 Å². The van der Waals surface area contributed by atoms with Crippen LogP contribution in [-0.4, -0.2) is 27.1 Å². The Bertz CT molecular complexity index is 701. The third-order valence-electron chi connectivity index (χ3n) is 3.25. The Hall–Kier alpha value is -1.07. The number of imidazole rings is 1. The molecule has 2 aromatic rings. The molecular weight excluding hydrogens is 476 g/mol. The summed E-state index contributed by atoms with van der Waals surface area (Å²) in [6.45, 7) is -2.09. The van der Waals surface area contributed by atoms with Crippen molar-refractivity contribution in [3.05, 3.63) is 40.2 Å². The first kappa shape index (κ1) is 21.0. The fourth-order valence-corrected chi connectivity index (χ4v) is 2.39. The first-order chi connectivity index (χ1) is 10.9. The average Bonchev–Trinajstić information content (AvgIpc) is 3.08. The monoisotopic (exact) mass is 492 g/mol. The Balaban J connectivity index is 0.00000288. The van der Waals surface area contributed by atoms with Gasteiger partial charge in [-0.1, -0.05) is 23.2 Å². The Morgan fingerprint density at radius 2 is 2.00 bits per heavy atom. The molecule has 0 saturated heterocycles. The summed E-state index contributed by atoms with van der Waals surface area (Å²) in [4.78, 5) is 7.92. The molecule has 0 amide bonds. The zero-order valence-electron chi connectivity index (χ0n) is 12.9. The number of hydrogen-bond donors (Lipinski definition) is 2. The van der Waals surface area contributed by atoms with Crippen molar-refractivity contribution in [3.63, 3.8) is 0 Å². The molecule has 0 saturated carbocycles. The Kier molecular flexibility index (Phi) is 8.23. The van der Waals surface area contributed by atoms with E-state index in [0.717, 1.165) is 10.3 Å². The smallest absolute Gasteiger partial charge is 0.319 e. The molecule has 11 heteroatoms. The van der Waals surface area contributed by atoms with Gasteiger partial charge in [-0.3, -0.25) is 9.56 Å². The van der Waals surface area contributed by atoms with Crippen LogP contribution in [0.2, 0.25) is 10.2 Å². The molecule has 0 fully saturated rings. The van der Waals surface area contributed by atoms with Gasteiger partial charge in [-0.2, -0.15) is 8.78 Å². The van der Waals surface area contributed by atoms with E-state index in [0.29, 0.717) is 22.7 Å². The second kappa shape index (κ2) is 9.42. The molecule has 134 valence electrons. The van der Waals surface area contributed by atoms with Gasteiger partial charge in [-0.05, 0) is 6.07 Å². The van der Waals surface area contributed by atoms with E-state index >= 15 is 0 Å². The third kappa shape index (κ3) is 4.96. The van der Waals surface area contributed by atoms with Crippen LogP contribution in [-0.2, 0) is 20.1 Å². The lowest BCUT2D eigenvalue weighted by atomic mass is 10.4. The molecule has 0 bridgehead atoms. The van der Waals surface area contributed by atoms with E-state index in [4.69, 9.17) is 23.2 Å². The summed E-state index contributed by atoms with van der Waals surface area (Å²) in [5, 5.41) is 6.89. The van der Waals surface area contributed by atoms with Gasteiger partial charge >= 0.3 is 6.55 Å². The molecule has 6 nitrogen and oxygen atoms in total. The molecule has 0 aliphatic carbocycles. The van der Waals surface area contributed by atoms with E-state index in [1.807, 2.05) is 0 Å². The van der Waals surface area contributed by atoms with E-state index < -0.39 is 6.55 Å². The number of aromatic nitrogens is 3. The molecule has 24 heavy (non-hydrogen) atoms. The minimum atomic E-state index is -2.63. The summed E-state index contributed by atoms with van der Waals surface area (Å²) in [5.74, 6) is 0.662. The van der Waals surface area contributed by atoms with Crippen molar-refractivity contribution in [1.82, 2.24) is 24.8 Å². The first-order valence-electron chi connectivity index (χ1n) is 6.68. The van der Waals surface area contributed by atoms with Crippen LogP contribution in [0.4, 0.5) is 8.78 Å². The SMILES string of the molecule is CN=C(NCc1nccn1C(F)F)NCc1cc(Cl)c(Cl)n1C.I. The molecule has 2 N–H and O–H groups in total.